The molecule has 5 heteroatoms. The van der Waals surface area contributed by atoms with Crippen molar-refractivity contribution in [3.05, 3.63) is 48.2 Å². The SMILES string of the molecule is C=C1C[C@@H](NCC(=O)c2ccccc2)CN1C(=O)OC(C)(C)C. The third-order valence-electron chi connectivity index (χ3n) is 3.53. The summed E-state index contributed by atoms with van der Waals surface area (Å²) in [7, 11) is 0. The minimum absolute atomic E-state index is 0.0164. The van der Waals surface area contributed by atoms with Gasteiger partial charge in [0.15, 0.2) is 5.78 Å². The maximum absolute atomic E-state index is 12.1. The van der Waals surface area contributed by atoms with E-state index < -0.39 is 5.60 Å². The van der Waals surface area contributed by atoms with Gasteiger partial charge in [-0.15, -0.1) is 0 Å². The van der Waals surface area contributed by atoms with Gasteiger partial charge in [0.05, 0.1) is 6.54 Å². The summed E-state index contributed by atoms with van der Waals surface area (Å²) in [5.41, 5.74) is 0.858. The van der Waals surface area contributed by atoms with Crippen LogP contribution in [0.5, 0.6) is 0 Å². The predicted octanol–water partition coefficient (Wildman–Crippen LogP) is 2.98. The molecule has 0 saturated carbocycles. The summed E-state index contributed by atoms with van der Waals surface area (Å²) in [6.07, 6.45) is 0.239. The van der Waals surface area contributed by atoms with Crippen LogP contribution in [0.1, 0.15) is 37.6 Å². The van der Waals surface area contributed by atoms with Crippen LogP contribution >= 0.6 is 0 Å². The van der Waals surface area contributed by atoms with Gasteiger partial charge in [-0.25, -0.2) is 4.79 Å². The minimum atomic E-state index is -0.536. The molecule has 0 aliphatic carbocycles. The van der Waals surface area contributed by atoms with E-state index in [9.17, 15) is 9.59 Å². The molecular formula is C18H24N2O3. The molecule has 1 aliphatic rings. The van der Waals surface area contributed by atoms with Gasteiger partial charge in [-0.1, -0.05) is 36.9 Å². The van der Waals surface area contributed by atoms with E-state index in [4.69, 9.17) is 4.74 Å². The number of ketones is 1. The number of carbonyl (C=O) groups excluding carboxylic acids is 2. The van der Waals surface area contributed by atoms with Crippen molar-refractivity contribution in [3.8, 4) is 0 Å². The number of benzene rings is 1. The first-order chi connectivity index (χ1) is 10.8. The van der Waals surface area contributed by atoms with E-state index in [0.717, 1.165) is 0 Å². The largest absolute Gasteiger partial charge is 0.443 e. The van der Waals surface area contributed by atoms with Crippen LogP contribution < -0.4 is 5.32 Å². The zero-order valence-electron chi connectivity index (χ0n) is 14.0. The first-order valence-electron chi connectivity index (χ1n) is 7.76. The Labute approximate surface area is 137 Å². The fraction of sp³-hybridized carbons (Fsp3) is 0.444. The van der Waals surface area contributed by atoms with Crippen LogP contribution in [-0.2, 0) is 4.74 Å². The summed E-state index contributed by atoms with van der Waals surface area (Å²) in [5.74, 6) is 0.0342. The van der Waals surface area contributed by atoms with Crippen molar-refractivity contribution in [1.82, 2.24) is 10.2 Å². The molecule has 0 unspecified atom stereocenters. The summed E-state index contributed by atoms with van der Waals surface area (Å²) >= 11 is 0. The Morgan fingerprint density at radius 2 is 1.96 bits per heavy atom. The van der Waals surface area contributed by atoms with Gasteiger partial charge < -0.3 is 10.1 Å². The van der Waals surface area contributed by atoms with E-state index in [1.54, 1.807) is 12.1 Å². The number of likely N-dealkylation sites (tertiary alicyclic amines) is 1. The third kappa shape index (κ3) is 4.93. The highest BCUT2D eigenvalue weighted by atomic mass is 16.6. The Hall–Kier alpha value is -2.14. The van der Waals surface area contributed by atoms with Crippen LogP contribution in [0.4, 0.5) is 4.79 Å². The van der Waals surface area contributed by atoms with Crippen LogP contribution in [-0.4, -0.2) is 41.5 Å². The molecule has 23 heavy (non-hydrogen) atoms. The number of nitrogens with one attached hydrogen (secondary N) is 1. The topological polar surface area (TPSA) is 58.6 Å². The van der Waals surface area contributed by atoms with Gasteiger partial charge in [0, 0.05) is 30.3 Å². The Kier molecular flexibility index (Phi) is 5.21. The van der Waals surface area contributed by atoms with Gasteiger partial charge in [0.2, 0.25) is 0 Å². The number of nitrogens with zero attached hydrogens (tertiary/aromatic N) is 1. The molecule has 0 aromatic heterocycles. The summed E-state index contributed by atoms with van der Waals surface area (Å²) in [5, 5.41) is 3.20. The number of amides is 1. The van der Waals surface area contributed by atoms with Crippen LogP contribution in [0.15, 0.2) is 42.6 Å². The molecule has 1 saturated heterocycles. The molecule has 1 N–H and O–H groups in total. The fourth-order valence-electron chi connectivity index (χ4n) is 2.43. The van der Waals surface area contributed by atoms with Gasteiger partial charge in [-0.05, 0) is 20.8 Å². The molecule has 1 heterocycles. The molecule has 0 radical (unpaired) electrons. The van der Waals surface area contributed by atoms with Crippen molar-refractivity contribution in [2.45, 2.75) is 38.8 Å². The molecule has 0 bridgehead atoms. The lowest BCUT2D eigenvalue weighted by Gasteiger charge is -2.25. The number of Topliss-reactive ketones (excluding diaryl/α,β-unsaturated/α-hetero) is 1. The molecule has 1 amide bonds. The monoisotopic (exact) mass is 316 g/mol. The number of carbonyl (C=O) groups is 2. The summed E-state index contributed by atoms with van der Waals surface area (Å²) in [4.78, 5) is 25.8. The number of ether oxygens (including phenoxy) is 1. The fourth-order valence-corrected chi connectivity index (χ4v) is 2.43. The van der Waals surface area contributed by atoms with Crippen molar-refractivity contribution in [3.63, 3.8) is 0 Å². The van der Waals surface area contributed by atoms with Gasteiger partial charge in [-0.2, -0.15) is 0 Å². The highest BCUT2D eigenvalue weighted by molar-refractivity contribution is 5.97. The maximum Gasteiger partial charge on any atom is 0.414 e. The van der Waals surface area contributed by atoms with E-state index >= 15 is 0 Å². The Morgan fingerprint density at radius 1 is 1.30 bits per heavy atom. The standard InChI is InChI=1S/C18H24N2O3/c1-13-10-15(12-20(13)17(22)23-18(2,3)4)19-11-16(21)14-8-6-5-7-9-14/h5-9,15,19H,1,10-12H2,2-4H3/t15-/m1/s1. The van der Waals surface area contributed by atoms with Crippen LogP contribution in [0.25, 0.3) is 0 Å². The Morgan fingerprint density at radius 3 is 2.57 bits per heavy atom. The number of rotatable bonds is 4. The van der Waals surface area contributed by atoms with Crippen molar-refractivity contribution < 1.29 is 14.3 Å². The molecule has 5 nitrogen and oxygen atoms in total. The van der Waals surface area contributed by atoms with E-state index in [1.807, 2.05) is 39.0 Å². The Bertz CT molecular complexity index is 590. The second kappa shape index (κ2) is 6.96. The number of hydrogen-bond donors (Lipinski definition) is 1. The summed E-state index contributed by atoms with van der Waals surface area (Å²) in [6, 6.07) is 9.17. The quantitative estimate of drug-likeness (QED) is 0.868. The molecule has 124 valence electrons. The normalized spacial score (nSPS) is 18.1. The van der Waals surface area contributed by atoms with E-state index in [2.05, 4.69) is 11.9 Å². The lowest BCUT2D eigenvalue weighted by Crippen LogP contribution is -2.39. The molecule has 1 aromatic rings. The molecule has 1 aromatic carbocycles. The zero-order valence-corrected chi connectivity index (χ0v) is 14.0. The van der Waals surface area contributed by atoms with Crippen LogP contribution in [0.3, 0.4) is 0 Å². The molecule has 1 aliphatic heterocycles. The van der Waals surface area contributed by atoms with Crippen LogP contribution in [0.2, 0.25) is 0 Å². The van der Waals surface area contributed by atoms with Gasteiger partial charge in [0.1, 0.15) is 5.60 Å². The summed E-state index contributed by atoms with van der Waals surface area (Å²) < 4.78 is 5.37. The molecule has 1 atom stereocenters. The van der Waals surface area contributed by atoms with Crippen molar-refractivity contribution in [2.24, 2.45) is 0 Å². The smallest absolute Gasteiger partial charge is 0.414 e. The van der Waals surface area contributed by atoms with Crippen molar-refractivity contribution in [2.75, 3.05) is 13.1 Å². The highest BCUT2D eigenvalue weighted by Gasteiger charge is 2.32. The lowest BCUT2D eigenvalue weighted by atomic mass is 10.1. The number of hydrogen-bond acceptors (Lipinski definition) is 4. The zero-order chi connectivity index (χ0) is 17.0. The predicted molar refractivity (Wildman–Crippen MR) is 89.3 cm³/mol. The first kappa shape index (κ1) is 17.2. The maximum atomic E-state index is 12.1. The second-order valence-corrected chi connectivity index (χ2v) is 6.73. The van der Waals surface area contributed by atoms with E-state index in [0.29, 0.717) is 24.2 Å². The van der Waals surface area contributed by atoms with Gasteiger partial charge in [-0.3, -0.25) is 9.69 Å². The van der Waals surface area contributed by atoms with Crippen molar-refractivity contribution >= 4 is 11.9 Å². The second-order valence-electron chi connectivity index (χ2n) is 6.73. The molecule has 2 rings (SSSR count). The average molecular weight is 316 g/mol. The molecule has 1 fully saturated rings. The average Bonchev–Trinajstić information content (AvgIpc) is 2.85. The van der Waals surface area contributed by atoms with Gasteiger partial charge >= 0.3 is 6.09 Å². The van der Waals surface area contributed by atoms with E-state index in [1.165, 1.54) is 4.90 Å². The third-order valence-corrected chi connectivity index (χ3v) is 3.53. The summed E-state index contributed by atoms with van der Waals surface area (Å²) in [6.45, 7) is 10.1. The minimum Gasteiger partial charge on any atom is -0.443 e. The van der Waals surface area contributed by atoms with Crippen LogP contribution in [0, 0.1) is 0 Å². The van der Waals surface area contributed by atoms with Gasteiger partial charge in [0.25, 0.3) is 0 Å². The van der Waals surface area contributed by atoms with Crippen molar-refractivity contribution in [1.29, 1.82) is 0 Å². The first-order valence-corrected chi connectivity index (χ1v) is 7.76. The van der Waals surface area contributed by atoms with E-state index in [-0.39, 0.29) is 24.5 Å². The lowest BCUT2D eigenvalue weighted by molar-refractivity contribution is 0.0335. The highest BCUT2D eigenvalue weighted by Crippen LogP contribution is 2.22. The molecule has 0 spiro atoms. The molecular weight excluding hydrogens is 292 g/mol. The Balaban J connectivity index is 1.86.